The van der Waals surface area contributed by atoms with Crippen LogP contribution in [0.25, 0.3) is 0 Å². The maximum Gasteiger partial charge on any atom is 0.0413 e. The molecule has 2 N–H and O–H groups in total. The van der Waals surface area contributed by atoms with E-state index in [-0.39, 0.29) is 6.04 Å². The van der Waals surface area contributed by atoms with E-state index in [0.717, 1.165) is 6.42 Å². The molecule has 1 saturated heterocycles. The lowest BCUT2D eigenvalue weighted by molar-refractivity contribution is 0.372. The van der Waals surface area contributed by atoms with Gasteiger partial charge >= 0.3 is 0 Å². The second-order valence-electron chi connectivity index (χ2n) is 6.27. The number of benzene rings is 1. The van der Waals surface area contributed by atoms with Crippen LogP contribution in [0.3, 0.4) is 0 Å². The lowest BCUT2D eigenvalue weighted by Gasteiger charge is -2.32. The first-order valence-corrected chi connectivity index (χ1v) is 7.87. The fraction of sp³-hybridized carbons (Fsp3) is 0.444. The van der Waals surface area contributed by atoms with Crippen molar-refractivity contribution in [2.75, 3.05) is 4.90 Å². The number of nitrogens with two attached hydrogens (primary N) is 1. The molecule has 1 saturated carbocycles. The van der Waals surface area contributed by atoms with Crippen molar-refractivity contribution in [1.82, 2.24) is 0 Å². The van der Waals surface area contributed by atoms with Crippen LogP contribution in [0.15, 0.2) is 53.8 Å². The Morgan fingerprint density at radius 1 is 1.05 bits per heavy atom. The van der Waals surface area contributed by atoms with Crippen molar-refractivity contribution in [1.29, 1.82) is 0 Å². The molecule has 0 aromatic heterocycles. The van der Waals surface area contributed by atoms with Crippen molar-refractivity contribution in [2.45, 2.75) is 44.2 Å². The van der Waals surface area contributed by atoms with E-state index >= 15 is 0 Å². The second-order valence-corrected chi connectivity index (χ2v) is 6.27. The van der Waals surface area contributed by atoms with Crippen LogP contribution in [0.2, 0.25) is 0 Å². The van der Waals surface area contributed by atoms with Crippen LogP contribution in [-0.2, 0) is 0 Å². The zero-order valence-electron chi connectivity index (χ0n) is 11.8. The highest BCUT2D eigenvalue weighted by Crippen LogP contribution is 2.48. The minimum Gasteiger partial charge on any atom is -0.338 e. The number of rotatable bonds is 1. The van der Waals surface area contributed by atoms with Gasteiger partial charge in [0.2, 0.25) is 0 Å². The van der Waals surface area contributed by atoms with Crippen molar-refractivity contribution in [3.8, 4) is 0 Å². The Kier molecular flexibility index (Phi) is 2.92. The molecule has 20 heavy (non-hydrogen) atoms. The van der Waals surface area contributed by atoms with Gasteiger partial charge in [0.05, 0.1) is 0 Å². The quantitative estimate of drug-likeness (QED) is 0.841. The maximum absolute atomic E-state index is 6.16. The van der Waals surface area contributed by atoms with E-state index in [0.29, 0.717) is 12.0 Å². The van der Waals surface area contributed by atoms with Gasteiger partial charge in [-0.15, -0.1) is 0 Å². The molecule has 2 fully saturated rings. The van der Waals surface area contributed by atoms with Gasteiger partial charge in [-0.3, -0.25) is 0 Å². The first-order valence-electron chi connectivity index (χ1n) is 7.87. The van der Waals surface area contributed by atoms with Gasteiger partial charge in [-0.1, -0.05) is 43.2 Å². The molecule has 3 atom stereocenters. The second kappa shape index (κ2) is 4.78. The third-order valence-electron chi connectivity index (χ3n) is 5.03. The number of nitrogens with zero attached hydrogens (tertiary/aromatic N) is 1. The van der Waals surface area contributed by atoms with Crippen LogP contribution in [0, 0.1) is 5.92 Å². The summed E-state index contributed by atoms with van der Waals surface area (Å²) in [6.07, 6.45) is 11.0. The van der Waals surface area contributed by atoms with Crippen molar-refractivity contribution >= 4 is 5.69 Å². The number of hydrogen-bond donors (Lipinski definition) is 1. The summed E-state index contributed by atoms with van der Waals surface area (Å²) in [7, 11) is 0. The van der Waals surface area contributed by atoms with Crippen LogP contribution < -0.4 is 10.6 Å². The third kappa shape index (κ3) is 1.82. The molecule has 1 aromatic rings. The van der Waals surface area contributed by atoms with E-state index in [1.165, 1.54) is 42.6 Å². The zero-order chi connectivity index (χ0) is 13.5. The van der Waals surface area contributed by atoms with Crippen molar-refractivity contribution in [2.24, 2.45) is 11.7 Å². The van der Waals surface area contributed by atoms with Crippen LogP contribution in [0.1, 0.15) is 32.1 Å². The Labute approximate surface area is 121 Å². The van der Waals surface area contributed by atoms with Crippen LogP contribution in [0.4, 0.5) is 5.69 Å². The number of fused-ring (bicyclic) bond motifs is 3. The Balaban J connectivity index is 1.80. The average molecular weight is 266 g/mol. The minimum absolute atomic E-state index is 0.215. The summed E-state index contributed by atoms with van der Waals surface area (Å²) in [5.74, 6) is 0.696. The maximum atomic E-state index is 6.16. The number of allylic oxidation sites excluding steroid dienone is 1. The van der Waals surface area contributed by atoms with Crippen LogP contribution >= 0.6 is 0 Å². The molecule has 1 aromatic carbocycles. The molecule has 104 valence electrons. The summed E-state index contributed by atoms with van der Waals surface area (Å²) in [6, 6.07) is 11.7. The number of para-hydroxylation sites is 1. The molecule has 0 radical (unpaired) electrons. The standard InChI is InChI=1S/C18H22N2/c19-13-10-11-18-16(12-13)15-8-4-5-9-17(15)20(18)14-6-2-1-3-7-14/h1-3,6-7,11-13,15,17H,4-5,8-10,19H2. The van der Waals surface area contributed by atoms with Gasteiger partial charge in [-0.25, -0.2) is 0 Å². The van der Waals surface area contributed by atoms with E-state index in [2.05, 4.69) is 47.4 Å². The number of hydrogen-bond acceptors (Lipinski definition) is 2. The topological polar surface area (TPSA) is 29.3 Å². The zero-order valence-corrected chi connectivity index (χ0v) is 11.8. The monoisotopic (exact) mass is 266 g/mol. The highest BCUT2D eigenvalue weighted by atomic mass is 15.2. The predicted octanol–water partition coefficient (Wildman–Crippen LogP) is 3.61. The molecule has 3 aliphatic rings. The van der Waals surface area contributed by atoms with Gasteiger partial charge in [0.1, 0.15) is 0 Å². The van der Waals surface area contributed by atoms with Crippen molar-refractivity contribution < 1.29 is 0 Å². The van der Waals surface area contributed by atoms with Crippen molar-refractivity contribution in [3.05, 3.63) is 53.8 Å². The molecular formula is C18H22N2. The largest absolute Gasteiger partial charge is 0.338 e. The highest BCUT2D eigenvalue weighted by Gasteiger charge is 2.43. The van der Waals surface area contributed by atoms with Gasteiger partial charge < -0.3 is 10.6 Å². The van der Waals surface area contributed by atoms with Crippen LogP contribution in [0.5, 0.6) is 0 Å². The van der Waals surface area contributed by atoms with Gasteiger partial charge in [-0.2, -0.15) is 0 Å². The van der Waals surface area contributed by atoms with Gasteiger partial charge in [0.15, 0.2) is 0 Å². The van der Waals surface area contributed by atoms with Gasteiger partial charge in [0, 0.05) is 29.4 Å². The molecule has 0 bridgehead atoms. The first-order chi connectivity index (χ1) is 9.84. The predicted molar refractivity (Wildman–Crippen MR) is 83.4 cm³/mol. The van der Waals surface area contributed by atoms with Crippen molar-refractivity contribution in [3.63, 3.8) is 0 Å². The fourth-order valence-corrected chi connectivity index (χ4v) is 4.18. The lowest BCUT2D eigenvalue weighted by Crippen LogP contribution is -2.34. The summed E-state index contributed by atoms with van der Waals surface area (Å²) >= 11 is 0. The molecule has 4 rings (SSSR count). The SMILES string of the molecule is NC1C=C2C(=CC1)N(c1ccccc1)C1CCCCC21. The van der Waals surface area contributed by atoms with Gasteiger partial charge in [-0.05, 0) is 37.0 Å². The van der Waals surface area contributed by atoms with E-state index in [4.69, 9.17) is 5.73 Å². The molecular weight excluding hydrogens is 244 g/mol. The third-order valence-corrected chi connectivity index (χ3v) is 5.03. The van der Waals surface area contributed by atoms with Crippen LogP contribution in [-0.4, -0.2) is 12.1 Å². The minimum atomic E-state index is 0.215. The smallest absolute Gasteiger partial charge is 0.0413 e. The molecule has 3 unspecified atom stereocenters. The van der Waals surface area contributed by atoms with E-state index in [9.17, 15) is 0 Å². The molecule has 2 nitrogen and oxygen atoms in total. The first kappa shape index (κ1) is 12.2. The summed E-state index contributed by atoms with van der Waals surface area (Å²) in [4.78, 5) is 2.58. The van der Waals surface area contributed by atoms with E-state index in [1.54, 1.807) is 0 Å². The Hall–Kier alpha value is -1.54. The molecule has 0 amide bonds. The summed E-state index contributed by atoms with van der Waals surface area (Å²) in [6.45, 7) is 0. The lowest BCUT2D eigenvalue weighted by atomic mass is 9.81. The van der Waals surface area contributed by atoms with E-state index < -0.39 is 0 Å². The highest BCUT2D eigenvalue weighted by molar-refractivity contribution is 5.64. The summed E-state index contributed by atoms with van der Waals surface area (Å²) < 4.78 is 0. The van der Waals surface area contributed by atoms with Gasteiger partial charge in [0.25, 0.3) is 0 Å². The molecule has 1 heterocycles. The Morgan fingerprint density at radius 2 is 1.85 bits per heavy atom. The Bertz CT molecular complexity index is 558. The molecule has 1 aliphatic heterocycles. The normalized spacial score (nSPS) is 32.2. The Morgan fingerprint density at radius 3 is 2.70 bits per heavy atom. The molecule has 0 spiro atoms. The molecule has 2 aliphatic carbocycles. The molecule has 2 heteroatoms. The summed E-state index contributed by atoms with van der Waals surface area (Å²) in [5.41, 5.74) is 10.5. The average Bonchev–Trinajstić information content (AvgIpc) is 2.82. The fourth-order valence-electron chi connectivity index (χ4n) is 4.18. The number of anilines is 1. The van der Waals surface area contributed by atoms with E-state index in [1.807, 2.05) is 0 Å². The summed E-state index contributed by atoms with van der Waals surface area (Å²) in [5, 5.41) is 0.